The van der Waals surface area contributed by atoms with Crippen molar-refractivity contribution < 1.29 is 63.4 Å². The van der Waals surface area contributed by atoms with E-state index >= 15 is 0 Å². The Morgan fingerprint density at radius 2 is 1.46 bits per heavy atom. The van der Waals surface area contributed by atoms with Gasteiger partial charge in [-0.2, -0.15) is 24.3 Å². The fourth-order valence-corrected chi connectivity index (χ4v) is 1.07. The Kier molecular flexibility index (Phi) is 13.5. The molecule has 0 nitrogen and oxygen atoms in total. The number of hydrogen-bond acceptors (Lipinski definition) is 0. The van der Waals surface area contributed by atoms with Gasteiger partial charge < -0.3 is 37.2 Å². The van der Waals surface area contributed by atoms with Crippen LogP contribution in [0.2, 0.25) is 0 Å². The summed E-state index contributed by atoms with van der Waals surface area (Å²) in [7, 11) is 0. The number of benzene rings is 1. The first-order chi connectivity index (χ1) is 4.47. The van der Waals surface area contributed by atoms with E-state index in [1.165, 1.54) is 11.1 Å². The smallest absolute Gasteiger partial charge is 1.00 e. The zero-order chi connectivity index (χ0) is 6.10. The Morgan fingerprint density at radius 3 is 2.08 bits per heavy atom. The van der Waals surface area contributed by atoms with Crippen molar-refractivity contribution in [2.24, 2.45) is 0 Å². The SMILES string of the molecule is [Cl-].[Cl-].[Cl-].[Zr+4].c1cc2cc[cH-]cc-2c1. The molecule has 0 aliphatic heterocycles. The van der Waals surface area contributed by atoms with Crippen molar-refractivity contribution in [3.8, 4) is 11.1 Å². The molecule has 0 heterocycles. The molecule has 0 fully saturated rings. The van der Waals surface area contributed by atoms with Crippen LogP contribution in [0.3, 0.4) is 0 Å². The van der Waals surface area contributed by atoms with E-state index in [1.54, 1.807) is 0 Å². The molecule has 0 aromatic heterocycles. The van der Waals surface area contributed by atoms with Crippen molar-refractivity contribution in [1.29, 1.82) is 0 Å². The van der Waals surface area contributed by atoms with Gasteiger partial charge in [0.05, 0.1) is 0 Å². The van der Waals surface area contributed by atoms with E-state index < -0.39 is 0 Å². The van der Waals surface area contributed by atoms with Crippen LogP contribution in [-0.2, 0) is 26.2 Å². The van der Waals surface area contributed by atoms with Gasteiger partial charge in [0.2, 0.25) is 0 Å². The van der Waals surface area contributed by atoms with Gasteiger partial charge in [-0.05, 0) is 0 Å². The molecule has 2 rings (SSSR count). The molecule has 0 atom stereocenters. The summed E-state index contributed by atoms with van der Waals surface area (Å²) in [5, 5.41) is 0. The van der Waals surface area contributed by atoms with E-state index in [1.807, 2.05) is 0 Å². The predicted molar refractivity (Wildman–Crippen MR) is 38.7 cm³/mol. The molecule has 2 aliphatic rings. The van der Waals surface area contributed by atoms with Crippen LogP contribution >= 0.6 is 0 Å². The molecule has 0 N–H and O–H groups in total. The van der Waals surface area contributed by atoms with Crippen molar-refractivity contribution >= 4 is 0 Å². The fourth-order valence-electron chi connectivity index (χ4n) is 1.07. The second-order valence-electron chi connectivity index (χ2n) is 2.15. The quantitative estimate of drug-likeness (QED) is 0.425. The molecular formula is C9H7Cl3Zr. The summed E-state index contributed by atoms with van der Waals surface area (Å²) in [6.07, 6.45) is 0. The number of hydrogen-bond donors (Lipinski definition) is 0. The van der Waals surface area contributed by atoms with E-state index in [-0.39, 0.29) is 63.4 Å². The molecular weight excluding hydrogens is 306 g/mol. The molecule has 0 unspecified atom stereocenters. The molecule has 0 saturated heterocycles. The van der Waals surface area contributed by atoms with E-state index in [9.17, 15) is 0 Å². The van der Waals surface area contributed by atoms with E-state index in [0.29, 0.717) is 0 Å². The normalized spacial score (nSPS) is 7.08. The molecule has 68 valence electrons. The number of halogens is 3. The van der Waals surface area contributed by atoms with Crippen LogP contribution in [0, 0.1) is 0 Å². The summed E-state index contributed by atoms with van der Waals surface area (Å²) in [6.45, 7) is 0. The summed E-state index contributed by atoms with van der Waals surface area (Å²) < 4.78 is 0. The van der Waals surface area contributed by atoms with Gasteiger partial charge in [-0.3, -0.25) is 0 Å². The summed E-state index contributed by atoms with van der Waals surface area (Å²) in [5.74, 6) is 0. The first-order valence-corrected chi connectivity index (χ1v) is 3.07. The fraction of sp³-hybridized carbons (Fsp3) is 0. The second kappa shape index (κ2) is 9.15. The summed E-state index contributed by atoms with van der Waals surface area (Å²) >= 11 is 0. The molecule has 2 aliphatic carbocycles. The van der Waals surface area contributed by atoms with Crippen molar-refractivity contribution in [1.82, 2.24) is 0 Å². The molecule has 4 heteroatoms. The number of fused-ring (bicyclic) bond motifs is 1. The Hall–Kier alpha value is 0.583. The van der Waals surface area contributed by atoms with E-state index in [4.69, 9.17) is 0 Å². The average molecular weight is 313 g/mol. The van der Waals surface area contributed by atoms with Gasteiger partial charge in [0.1, 0.15) is 0 Å². The van der Waals surface area contributed by atoms with Crippen molar-refractivity contribution in [3.63, 3.8) is 0 Å². The second-order valence-corrected chi connectivity index (χ2v) is 2.15. The minimum Gasteiger partial charge on any atom is -1.00 e. The molecule has 0 radical (unpaired) electrons. The zero-order valence-electron chi connectivity index (χ0n) is 6.68. The van der Waals surface area contributed by atoms with Crippen LogP contribution in [0.5, 0.6) is 0 Å². The predicted octanol–water partition coefficient (Wildman–Crippen LogP) is -6.48. The molecule has 0 aromatic rings. The number of rotatable bonds is 0. The van der Waals surface area contributed by atoms with Gasteiger partial charge in [0.15, 0.2) is 0 Å². The Morgan fingerprint density at radius 1 is 0.846 bits per heavy atom. The minimum atomic E-state index is 0. The Labute approximate surface area is 116 Å². The van der Waals surface area contributed by atoms with Gasteiger partial charge in [-0.15, -0.1) is 17.2 Å². The van der Waals surface area contributed by atoms with Gasteiger partial charge in [-0.1, -0.05) is 12.1 Å². The molecule has 13 heavy (non-hydrogen) atoms. The van der Waals surface area contributed by atoms with Crippen LogP contribution in [-0.4, -0.2) is 0 Å². The maximum atomic E-state index is 2.12. The maximum Gasteiger partial charge on any atom is 4.00 e. The van der Waals surface area contributed by atoms with Crippen LogP contribution < -0.4 is 37.2 Å². The van der Waals surface area contributed by atoms with Crippen LogP contribution in [0.25, 0.3) is 11.1 Å². The summed E-state index contributed by atoms with van der Waals surface area (Å²) in [5.41, 5.74) is 2.66. The van der Waals surface area contributed by atoms with E-state index in [2.05, 4.69) is 42.5 Å². The van der Waals surface area contributed by atoms with Crippen LogP contribution in [0.1, 0.15) is 0 Å². The van der Waals surface area contributed by atoms with Crippen LogP contribution in [0.15, 0.2) is 42.5 Å². The topological polar surface area (TPSA) is 0 Å². The Bertz CT molecular complexity index is 255. The molecule has 0 spiro atoms. The summed E-state index contributed by atoms with van der Waals surface area (Å²) in [6, 6.07) is 14.7. The summed E-state index contributed by atoms with van der Waals surface area (Å²) in [4.78, 5) is 0. The average Bonchev–Trinajstić information content (AvgIpc) is 2.33. The Balaban J connectivity index is -0.000000250. The molecule has 0 saturated carbocycles. The van der Waals surface area contributed by atoms with Crippen molar-refractivity contribution in [2.45, 2.75) is 0 Å². The maximum absolute atomic E-state index is 2.12. The van der Waals surface area contributed by atoms with Crippen molar-refractivity contribution in [3.05, 3.63) is 42.5 Å². The third-order valence-electron chi connectivity index (χ3n) is 1.55. The van der Waals surface area contributed by atoms with Gasteiger partial charge >= 0.3 is 26.2 Å². The zero-order valence-corrected chi connectivity index (χ0v) is 11.4. The first kappa shape index (κ1) is 19.2. The molecule has 0 amide bonds. The monoisotopic (exact) mass is 310 g/mol. The molecule has 0 bridgehead atoms. The van der Waals surface area contributed by atoms with Gasteiger partial charge in [0.25, 0.3) is 0 Å². The molecule has 0 aromatic carbocycles. The minimum absolute atomic E-state index is 0. The van der Waals surface area contributed by atoms with E-state index in [0.717, 1.165) is 0 Å². The third kappa shape index (κ3) is 4.56. The van der Waals surface area contributed by atoms with Crippen LogP contribution in [0.4, 0.5) is 0 Å². The third-order valence-corrected chi connectivity index (χ3v) is 1.55. The standard InChI is InChI=1S/C9H7.3ClH.Zr/c1-2-5-9-7-3-6-8(9)4-1;;;;/h1-7H;3*1H;/q-1;;;;+4/p-3. The first-order valence-electron chi connectivity index (χ1n) is 3.07. The van der Waals surface area contributed by atoms with Crippen molar-refractivity contribution in [2.75, 3.05) is 0 Å². The largest absolute Gasteiger partial charge is 4.00 e. The van der Waals surface area contributed by atoms with Gasteiger partial charge in [-0.25, -0.2) is 0 Å². The van der Waals surface area contributed by atoms with Gasteiger partial charge in [0, 0.05) is 0 Å².